The van der Waals surface area contributed by atoms with Gasteiger partial charge in [-0.3, -0.25) is 14.5 Å². The van der Waals surface area contributed by atoms with E-state index in [0.717, 1.165) is 40.0 Å². The van der Waals surface area contributed by atoms with Gasteiger partial charge in [-0.25, -0.2) is 4.68 Å². The minimum absolute atomic E-state index is 0.0543. The Morgan fingerprint density at radius 3 is 2.53 bits per heavy atom. The van der Waals surface area contributed by atoms with Gasteiger partial charge >= 0.3 is 0 Å². The van der Waals surface area contributed by atoms with Crippen LogP contribution < -0.4 is 14.9 Å². The number of pyridine rings is 1. The van der Waals surface area contributed by atoms with Crippen LogP contribution in [0.1, 0.15) is 12.6 Å². The standard InChI is InChI=1S/C26H23N5O3/c1-3-30-16-21(15-28-30)31-11-10-26(32)25(29-31)17-34-23-8-9-24-19(13-23)12-20(14-27-24)18-4-6-22(33-2)7-5-18/h4-16H,3,17H2,1-2H3. The Morgan fingerprint density at radius 2 is 1.76 bits per heavy atom. The van der Waals surface area contributed by atoms with Gasteiger partial charge in [-0.15, -0.1) is 0 Å². The smallest absolute Gasteiger partial charge is 0.206 e. The highest BCUT2D eigenvalue weighted by Gasteiger charge is 2.08. The fourth-order valence-electron chi connectivity index (χ4n) is 3.63. The summed E-state index contributed by atoms with van der Waals surface area (Å²) in [7, 11) is 1.65. The molecule has 8 heteroatoms. The van der Waals surface area contributed by atoms with Crippen molar-refractivity contribution in [3.05, 3.63) is 95.3 Å². The summed E-state index contributed by atoms with van der Waals surface area (Å²) < 4.78 is 14.6. The monoisotopic (exact) mass is 453 g/mol. The lowest BCUT2D eigenvalue weighted by molar-refractivity contribution is 0.298. The van der Waals surface area contributed by atoms with Gasteiger partial charge in [-0.2, -0.15) is 10.2 Å². The third-order valence-electron chi connectivity index (χ3n) is 5.54. The molecular weight excluding hydrogens is 430 g/mol. The Bertz CT molecular complexity index is 1510. The van der Waals surface area contributed by atoms with Crippen LogP contribution in [0.5, 0.6) is 11.5 Å². The predicted molar refractivity (Wildman–Crippen MR) is 129 cm³/mol. The second-order valence-corrected chi connectivity index (χ2v) is 7.72. The van der Waals surface area contributed by atoms with E-state index in [0.29, 0.717) is 11.4 Å². The molecule has 0 N–H and O–H groups in total. The van der Waals surface area contributed by atoms with Crippen LogP contribution >= 0.6 is 0 Å². The zero-order valence-corrected chi connectivity index (χ0v) is 18.9. The lowest BCUT2D eigenvalue weighted by Crippen LogP contribution is -2.17. The highest BCUT2D eigenvalue weighted by atomic mass is 16.5. The van der Waals surface area contributed by atoms with Crippen LogP contribution in [0.3, 0.4) is 0 Å². The van der Waals surface area contributed by atoms with Crippen molar-refractivity contribution in [2.24, 2.45) is 0 Å². The summed E-state index contributed by atoms with van der Waals surface area (Å²) in [6.07, 6.45) is 7.06. The van der Waals surface area contributed by atoms with E-state index < -0.39 is 0 Å². The molecule has 3 aromatic heterocycles. The number of aryl methyl sites for hydroxylation is 1. The molecule has 0 aliphatic rings. The van der Waals surface area contributed by atoms with E-state index in [1.165, 1.54) is 6.07 Å². The van der Waals surface area contributed by atoms with E-state index in [1.54, 1.807) is 28.9 Å². The van der Waals surface area contributed by atoms with E-state index in [-0.39, 0.29) is 12.0 Å². The molecule has 0 spiro atoms. The molecule has 5 rings (SSSR count). The first-order chi connectivity index (χ1) is 16.6. The fraction of sp³-hybridized carbons (Fsp3) is 0.154. The first-order valence-electron chi connectivity index (χ1n) is 10.9. The van der Waals surface area contributed by atoms with Gasteiger partial charge in [0.15, 0.2) is 0 Å². The quantitative estimate of drug-likeness (QED) is 0.366. The third kappa shape index (κ3) is 4.38. The molecule has 170 valence electrons. The number of benzene rings is 2. The van der Waals surface area contributed by atoms with E-state index in [9.17, 15) is 4.79 Å². The maximum absolute atomic E-state index is 12.3. The minimum Gasteiger partial charge on any atom is -0.497 e. The molecule has 8 nitrogen and oxygen atoms in total. The molecule has 2 aromatic carbocycles. The van der Waals surface area contributed by atoms with Gasteiger partial charge in [0.1, 0.15) is 29.5 Å². The van der Waals surface area contributed by atoms with Crippen LogP contribution in [-0.4, -0.2) is 31.7 Å². The number of rotatable bonds is 7. The summed E-state index contributed by atoms with van der Waals surface area (Å²) in [5.74, 6) is 1.44. The topological polar surface area (TPSA) is 84.1 Å². The van der Waals surface area contributed by atoms with Crippen LogP contribution in [0.15, 0.2) is 84.2 Å². The van der Waals surface area contributed by atoms with Gasteiger partial charge in [0.2, 0.25) is 5.43 Å². The van der Waals surface area contributed by atoms with Crippen molar-refractivity contribution in [3.8, 4) is 28.3 Å². The van der Waals surface area contributed by atoms with Crippen molar-refractivity contribution in [3.63, 3.8) is 0 Å². The van der Waals surface area contributed by atoms with Crippen LogP contribution in [0.25, 0.3) is 27.7 Å². The SMILES string of the molecule is CCn1cc(-n2ccc(=O)c(COc3ccc4ncc(-c5ccc(OC)cc5)cc4c3)n2)cn1. The van der Waals surface area contributed by atoms with Crippen LogP contribution in [-0.2, 0) is 13.2 Å². The summed E-state index contributed by atoms with van der Waals surface area (Å²) in [4.78, 5) is 16.9. The molecule has 0 aliphatic carbocycles. The van der Waals surface area contributed by atoms with E-state index in [2.05, 4.69) is 21.2 Å². The van der Waals surface area contributed by atoms with Crippen LogP contribution in [0.2, 0.25) is 0 Å². The summed E-state index contributed by atoms with van der Waals surface area (Å²) in [5.41, 5.74) is 3.82. The number of hydrogen-bond acceptors (Lipinski definition) is 6. The average molecular weight is 454 g/mol. The van der Waals surface area contributed by atoms with Gasteiger partial charge in [-0.05, 0) is 48.9 Å². The number of methoxy groups -OCH3 is 1. The normalized spacial score (nSPS) is 11.0. The number of ether oxygens (including phenoxy) is 2. The van der Waals surface area contributed by atoms with Gasteiger partial charge in [0.25, 0.3) is 0 Å². The molecule has 0 radical (unpaired) electrons. The second-order valence-electron chi connectivity index (χ2n) is 7.72. The molecule has 0 saturated heterocycles. The van der Waals surface area contributed by atoms with Gasteiger partial charge in [0.05, 0.1) is 25.0 Å². The van der Waals surface area contributed by atoms with Gasteiger partial charge in [-0.1, -0.05) is 12.1 Å². The highest BCUT2D eigenvalue weighted by Crippen LogP contribution is 2.27. The van der Waals surface area contributed by atoms with Crippen molar-refractivity contribution >= 4 is 10.9 Å². The summed E-state index contributed by atoms with van der Waals surface area (Å²) >= 11 is 0. The third-order valence-corrected chi connectivity index (χ3v) is 5.54. The number of hydrogen-bond donors (Lipinski definition) is 0. The van der Waals surface area contributed by atoms with Crippen LogP contribution in [0.4, 0.5) is 0 Å². The zero-order valence-electron chi connectivity index (χ0n) is 18.9. The summed E-state index contributed by atoms with van der Waals surface area (Å²) in [6.45, 7) is 2.82. The van der Waals surface area contributed by atoms with E-state index >= 15 is 0 Å². The lowest BCUT2D eigenvalue weighted by atomic mass is 10.1. The summed E-state index contributed by atoms with van der Waals surface area (Å²) in [6, 6.07) is 17.1. The Labute approximate surface area is 196 Å². The first kappa shape index (κ1) is 21.4. The number of nitrogens with zero attached hydrogens (tertiary/aromatic N) is 5. The van der Waals surface area contributed by atoms with Crippen molar-refractivity contribution in [2.75, 3.05) is 7.11 Å². The zero-order chi connectivity index (χ0) is 23.5. The molecule has 0 saturated carbocycles. The Kier molecular flexibility index (Phi) is 5.78. The van der Waals surface area contributed by atoms with Gasteiger partial charge in [0, 0.05) is 36.0 Å². The Morgan fingerprint density at radius 1 is 0.941 bits per heavy atom. The predicted octanol–water partition coefficient (Wildman–Crippen LogP) is 4.25. The van der Waals surface area contributed by atoms with Gasteiger partial charge < -0.3 is 9.47 Å². The molecule has 0 unspecified atom stereocenters. The molecule has 5 aromatic rings. The van der Waals surface area contributed by atoms with Crippen molar-refractivity contribution in [2.45, 2.75) is 20.1 Å². The number of fused-ring (bicyclic) bond motifs is 1. The highest BCUT2D eigenvalue weighted by molar-refractivity contribution is 5.84. The largest absolute Gasteiger partial charge is 0.497 e. The van der Waals surface area contributed by atoms with Crippen molar-refractivity contribution < 1.29 is 9.47 Å². The molecule has 0 aliphatic heterocycles. The first-order valence-corrected chi connectivity index (χ1v) is 10.9. The maximum atomic E-state index is 12.3. The van der Waals surface area contributed by atoms with Crippen molar-refractivity contribution in [1.29, 1.82) is 0 Å². The second kappa shape index (κ2) is 9.19. The molecule has 0 bridgehead atoms. The number of aromatic nitrogens is 5. The molecule has 3 heterocycles. The molecular formula is C26H23N5O3. The Hall–Kier alpha value is -4.46. The van der Waals surface area contributed by atoms with Crippen molar-refractivity contribution in [1.82, 2.24) is 24.5 Å². The van der Waals surface area contributed by atoms with E-state index in [1.807, 2.05) is 61.8 Å². The molecule has 0 amide bonds. The Balaban J connectivity index is 1.37. The molecule has 34 heavy (non-hydrogen) atoms. The van der Waals surface area contributed by atoms with Crippen LogP contribution in [0, 0.1) is 0 Å². The fourth-order valence-corrected chi connectivity index (χ4v) is 3.63. The molecule has 0 fully saturated rings. The molecule has 0 atom stereocenters. The lowest BCUT2D eigenvalue weighted by Gasteiger charge is -2.09. The average Bonchev–Trinajstić information content (AvgIpc) is 3.37. The summed E-state index contributed by atoms with van der Waals surface area (Å²) in [5, 5.41) is 9.64. The maximum Gasteiger partial charge on any atom is 0.206 e. The minimum atomic E-state index is -0.177. The van der Waals surface area contributed by atoms with E-state index in [4.69, 9.17) is 9.47 Å².